The van der Waals surface area contributed by atoms with Crippen LogP contribution in [0.3, 0.4) is 0 Å². The molecule has 2 aromatic rings. The summed E-state index contributed by atoms with van der Waals surface area (Å²) in [5, 5.41) is 9.16. The van der Waals surface area contributed by atoms with E-state index in [9.17, 15) is 9.59 Å². The van der Waals surface area contributed by atoms with Gasteiger partial charge in [0.2, 0.25) is 5.91 Å². The number of amides is 1. The van der Waals surface area contributed by atoms with E-state index in [-0.39, 0.29) is 11.5 Å². The van der Waals surface area contributed by atoms with E-state index in [1.807, 2.05) is 11.0 Å². The van der Waals surface area contributed by atoms with E-state index in [0.717, 1.165) is 37.2 Å². The summed E-state index contributed by atoms with van der Waals surface area (Å²) >= 11 is 0. The third-order valence-electron chi connectivity index (χ3n) is 4.37. The Kier molecular flexibility index (Phi) is 4.55. The van der Waals surface area contributed by atoms with Crippen LogP contribution in [0.2, 0.25) is 0 Å². The van der Waals surface area contributed by atoms with Crippen molar-refractivity contribution >= 4 is 11.9 Å². The number of carboxylic acids is 1. The van der Waals surface area contributed by atoms with E-state index >= 15 is 0 Å². The van der Waals surface area contributed by atoms with Gasteiger partial charge in [-0.15, -0.1) is 0 Å². The molecule has 1 atom stereocenters. The van der Waals surface area contributed by atoms with Gasteiger partial charge in [-0.2, -0.15) is 0 Å². The fourth-order valence-corrected chi connectivity index (χ4v) is 3.12. The monoisotopic (exact) mass is 325 g/mol. The first-order chi connectivity index (χ1) is 11.5. The van der Waals surface area contributed by atoms with Crippen LogP contribution >= 0.6 is 0 Å². The van der Waals surface area contributed by atoms with Gasteiger partial charge in [0, 0.05) is 38.0 Å². The molecule has 1 aromatic heterocycles. The highest BCUT2D eigenvalue weighted by atomic mass is 16.4. The smallest absolute Gasteiger partial charge is 0.335 e. The molecule has 2 heterocycles. The molecule has 0 bridgehead atoms. The van der Waals surface area contributed by atoms with Crippen LogP contribution in [0.15, 0.2) is 36.7 Å². The van der Waals surface area contributed by atoms with Gasteiger partial charge in [-0.05, 0) is 30.9 Å². The number of rotatable bonds is 4. The Labute approximate surface area is 140 Å². The fourth-order valence-electron chi connectivity index (χ4n) is 3.12. The number of benzene rings is 1. The molecule has 1 amide bonds. The van der Waals surface area contributed by atoms with Crippen LogP contribution in [0, 0.1) is 5.92 Å². The number of aromatic nitrogens is 2. The molecule has 1 fully saturated rings. The van der Waals surface area contributed by atoms with Gasteiger partial charge < -0.3 is 10.0 Å². The maximum Gasteiger partial charge on any atom is 0.335 e. The van der Waals surface area contributed by atoms with E-state index < -0.39 is 5.97 Å². The van der Waals surface area contributed by atoms with Gasteiger partial charge in [0.05, 0.1) is 17.0 Å². The average molecular weight is 325 g/mol. The molecule has 0 radical (unpaired) electrons. The molecule has 0 unspecified atom stereocenters. The van der Waals surface area contributed by atoms with E-state index in [1.54, 1.807) is 37.5 Å². The number of hydrogen-bond acceptors (Lipinski definition) is 4. The molecule has 6 nitrogen and oxygen atoms in total. The fraction of sp³-hybridized carbons (Fsp3) is 0.333. The number of nitrogens with zero attached hydrogens (tertiary/aromatic N) is 3. The number of carbonyl (C=O) groups is 2. The number of carboxylic acid groups (broad SMARTS) is 1. The third kappa shape index (κ3) is 3.42. The highest BCUT2D eigenvalue weighted by Crippen LogP contribution is 2.26. The number of hydrogen-bond donors (Lipinski definition) is 1. The van der Waals surface area contributed by atoms with Gasteiger partial charge in [-0.25, -0.2) is 4.79 Å². The summed E-state index contributed by atoms with van der Waals surface area (Å²) in [5.41, 5.74) is 2.53. The molecular formula is C18H19N3O3. The zero-order valence-corrected chi connectivity index (χ0v) is 13.5. The molecule has 1 aromatic carbocycles. The number of carbonyl (C=O) groups excluding carboxylic acids is 1. The Morgan fingerprint density at radius 2 is 2.08 bits per heavy atom. The highest BCUT2D eigenvalue weighted by molar-refractivity contribution is 5.89. The van der Waals surface area contributed by atoms with Crippen LogP contribution in [0.25, 0.3) is 11.3 Å². The summed E-state index contributed by atoms with van der Waals surface area (Å²) in [6.45, 7) is 3.11. The van der Waals surface area contributed by atoms with Gasteiger partial charge in [-0.3, -0.25) is 14.8 Å². The minimum atomic E-state index is -0.963. The van der Waals surface area contributed by atoms with E-state index in [4.69, 9.17) is 5.11 Å². The zero-order chi connectivity index (χ0) is 17.1. The normalized spacial score (nSPS) is 17.0. The summed E-state index contributed by atoms with van der Waals surface area (Å²) in [4.78, 5) is 33.4. The molecular weight excluding hydrogens is 306 g/mol. The van der Waals surface area contributed by atoms with Crippen molar-refractivity contribution in [1.29, 1.82) is 0 Å². The first-order valence-corrected chi connectivity index (χ1v) is 7.93. The second kappa shape index (κ2) is 6.78. The predicted octanol–water partition coefficient (Wildman–Crippen LogP) is 2.25. The molecule has 0 spiro atoms. The number of aromatic carboxylic acids is 1. The molecule has 124 valence electrons. The van der Waals surface area contributed by atoms with Crippen LogP contribution in [-0.4, -0.2) is 44.9 Å². The predicted molar refractivity (Wildman–Crippen MR) is 88.5 cm³/mol. The third-order valence-corrected chi connectivity index (χ3v) is 4.37. The first-order valence-electron chi connectivity index (χ1n) is 7.93. The number of likely N-dealkylation sites (tertiary alicyclic amines) is 1. The summed E-state index contributed by atoms with van der Waals surface area (Å²) in [6.07, 6.45) is 4.94. The molecule has 0 saturated carbocycles. The van der Waals surface area contributed by atoms with Crippen molar-refractivity contribution in [3.63, 3.8) is 0 Å². The largest absolute Gasteiger partial charge is 0.478 e. The van der Waals surface area contributed by atoms with Crippen molar-refractivity contribution in [3.8, 4) is 11.3 Å². The molecule has 6 heteroatoms. The first kappa shape index (κ1) is 16.1. The lowest BCUT2D eigenvalue weighted by molar-refractivity contribution is -0.127. The van der Waals surface area contributed by atoms with Crippen LogP contribution in [0.5, 0.6) is 0 Å². The van der Waals surface area contributed by atoms with E-state index in [2.05, 4.69) is 9.97 Å². The summed E-state index contributed by atoms with van der Waals surface area (Å²) in [7, 11) is 0. The van der Waals surface area contributed by atoms with Gasteiger partial charge in [0.1, 0.15) is 0 Å². The van der Waals surface area contributed by atoms with Gasteiger partial charge in [0.15, 0.2) is 0 Å². The van der Waals surface area contributed by atoms with Crippen LogP contribution < -0.4 is 0 Å². The molecule has 0 aliphatic carbocycles. The Morgan fingerprint density at radius 1 is 1.29 bits per heavy atom. The Hall–Kier alpha value is -2.76. The summed E-state index contributed by atoms with van der Waals surface area (Å²) in [6, 6.07) is 6.73. The second-order valence-electron chi connectivity index (χ2n) is 6.06. The van der Waals surface area contributed by atoms with Crippen LogP contribution in [0.1, 0.15) is 29.4 Å². The average Bonchev–Trinajstić information content (AvgIpc) is 3.04. The minimum absolute atomic E-state index is 0.103. The topological polar surface area (TPSA) is 83.4 Å². The minimum Gasteiger partial charge on any atom is -0.478 e. The molecule has 3 rings (SSSR count). The Morgan fingerprint density at radius 3 is 2.79 bits per heavy atom. The molecule has 1 saturated heterocycles. The lowest BCUT2D eigenvalue weighted by Crippen LogP contribution is -2.26. The Bertz CT molecular complexity index is 776. The van der Waals surface area contributed by atoms with E-state index in [1.165, 1.54) is 0 Å². The quantitative estimate of drug-likeness (QED) is 0.932. The Balaban J connectivity index is 1.85. The van der Waals surface area contributed by atoms with Crippen molar-refractivity contribution in [2.75, 3.05) is 13.1 Å². The van der Waals surface area contributed by atoms with Crippen molar-refractivity contribution in [2.45, 2.75) is 19.8 Å². The van der Waals surface area contributed by atoms with Gasteiger partial charge in [0.25, 0.3) is 0 Å². The lowest BCUT2D eigenvalue weighted by atomic mass is 9.98. The van der Waals surface area contributed by atoms with Crippen molar-refractivity contribution in [3.05, 3.63) is 47.9 Å². The van der Waals surface area contributed by atoms with Crippen LogP contribution in [0.4, 0.5) is 0 Å². The van der Waals surface area contributed by atoms with Crippen LogP contribution in [-0.2, 0) is 11.2 Å². The zero-order valence-electron chi connectivity index (χ0n) is 13.5. The molecule has 1 N–H and O–H groups in total. The van der Waals surface area contributed by atoms with Crippen molar-refractivity contribution in [2.24, 2.45) is 5.92 Å². The van der Waals surface area contributed by atoms with Crippen molar-refractivity contribution < 1.29 is 14.7 Å². The highest BCUT2D eigenvalue weighted by Gasteiger charge is 2.25. The standard InChI is InChI=1S/C18H19N3O3/c1-12(22)21-8-5-13(11-21)9-16-17(20-7-6-19-16)14-3-2-4-15(10-14)18(23)24/h2-4,6-7,10,13H,5,8-9,11H2,1H3,(H,23,24)/t13-/m1/s1. The van der Waals surface area contributed by atoms with Gasteiger partial charge >= 0.3 is 5.97 Å². The molecule has 24 heavy (non-hydrogen) atoms. The molecule has 1 aliphatic rings. The van der Waals surface area contributed by atoms with Gasteiger partial charge in [-0.1, -0.05) is 12.1 Å². The lowest BCUT2D eigenvalue weighted by Gasteiger charge is -2.15. The second-order valence-corrected chi connectivity index (χ2v) is 6.06. The van der Waals surface area contributed by atoms with E-state index in [0.29, 0.717) is 11.6 Å². The summed E-state index contributed by atoms with van der Waals surface area (Å²) in [5.74, 6) is -0.506. The molecule has 1 aliphatic heterocycles. The SMILES string of the molecule is CC(=O)N1CC[C@H](Cc2nccnc2-c2cccc(C(=O)O)c2)C1. The summed E-state index contributed by atoms with van der Waals surface area (Å²) < 4.78 is 0. The van der Waals surface area contributed by atoms with Crippen molar-refractivity contribution in [1.82, 2.24) is 14.9 Å². The maximum atomic E-state index is 11.5. The maximum absolute atomic E-state index is 11.5.